The molecule has 9 nitrogen and oxygen atoms in total. The lowest BCUT2D eigenvalue weighted by Gasteiger charge is -2.07. The van der Waals surface area contributed by atoms with E-state index in [1.165, 1.54) is 4.68 Å². The molecule has 9 heteroatoms. The quantitative estimate of drug-likeness (QED) is 0.403. The summed E-state index contributed by atoms with van der Waals surface area (Å²) in [6, 6.07) is 13.0. The normalized spacial score (nSPS) is 11.2. The molecule has 0 fully saturated rings. The van der Waals surface area contributed by atoms with Crippen molar-refractivity contribution in [3.8, 4) is 28.7 Å². The molecule has 33 heavy (non-hydrogen) atoms. The highest BCUT2D eigenvalue weighted by Gasteiger charge is 2.17. The van der Waals surface area contributed by atoms with Crippen LogP contribution in [0.1, 0.15) is 22.7 Å². The van der Waals surface area contributed by atoms with Gasteiger partial charge < -0.3 is 24.4 Å². The summed E-state index contributed by atoms with van der Waals surface area (Å²) < 4.78 is 24.1. The molecule has 2 heterocycles. The zero-order valence-corrected chi connectivity index (χ0v) is 18.9. The summed E-state index contributed by atoms with van der Waals surface area (Å²) >= 11 is 0. The molecule has 0 bridgehead atoms. The Labute approximate surface area is 191 Å². The van der Waals surface area contributed by atoms with Crippen molar-refractivity contribution in [2.45, 2.75) is 20.5 Å². The Balaban J connectivity index is 1.44. The Morgan fingerprint density at radius 1 is 1.03 bits per heavy atom. The minimum absolute atomic E-state index is 0.264. The molecule has 0 aliphatic rings. The van der Waals surface area contributed by atoms with Gasteiger partial charge in [-0.25, -0.2) is 14.6 Å². The van der Waals surface area contributed by atoms with Gasteiger partial charge in [0.2, 0.25) is 11.8 Å². The number of hydrogen-bond donors (Lipinski definition) is 1. The first-order valence-corrected chi connectivity index (χ1v) is 10.2. The summed E-state index contributed by atoms with van der Waals surface area (Å²) in [7, 11) is 3.21. The number of aryl methyl sites for hydroxylation is 2. The molecular formula is C24H25N5O4. The highest BCUT2D eigenvalue weighted by atomic mass is 16.5. The molecule has 0 radical (unpaired) electrons. The summed E-state index contributed by atoms with van der Waals surface area (Å²) in [6.45, 7) is 3.98. The van der Waals surface area contributed by atoms with Crippen LogP contribution in [0.3, 0.4) is 0 Å². The summed E-state index contributed by atoms with van der Waals surface area (Å²) in [5.74, 6) is 3.50. The van der Waals surface area contributed by atoms with Gasteiger partial charge in [-0.1, -0.05) is 0 Å². The maximum absolute atomic E-state index is 5.91. The van der Waals surface area contributed by atoms with Crippen molar-refractivity contribution >= 4 is 12.2 Å². The molecule has 4 aromatic rings. The van der Waals surface area contributed by atoms with Crippen molar-refractivity contribution in [1.82, 2.24) is 14.6 Å². The van der Waals surface area contributed by atoms with E-state index in [2.05, 4.69) is 15.1 Å². The number of nitrogens with two attached hydrogens (primary N) is 1. The number of ether oxygens (including phenoxy) is 3. The maximum Gasteiger partial charge on any atom is 0.230 e. The number of nitrogens with zero attached hydrogens (tertiary/aromatic N) is 4. The Kier molecular flexibility index (Phi) is 6.30. The lowest BCUT2D eigenvalue weighted by atomic mass is 10.2. The summed E-state index contributed by atoms with van der Waals surface area (Å²) in [6.07, 6.45) is 3.47. The molecule has 0 saturated heterocycles. The second kappa shape index (κ2) is 9.47. The van der Waals surface area contributed by atoms with Crippen molar-refractivity contribution in [3.63, 3.8) is 0 Å². The number of aromatic nitrogens is 3. The number of anilines is 1. The van der Waals surface area contributed by atoms with E-state index in [1.807, 2.05) is 56.3 Å². The fourth-order valence-corrected chi connectivity index (χ4v) is 3.19. The Hall–Kier alpha value is -4.27. The first-order chi connectivity index (χ1) is 16.0. The maximum atomic E-state index is 5.91. The third-order valence-corrected chi connectivity index (χ3v) is 4.95. The van der Waals surface area contributed by atoms with Gasteiger partial charge in [-0.05, 0) is 61.9 Å². The van der Waals surface area contributed by atoms with Crippen molar-refractivity contribution in [2.75, 3.05) is 20.0 Å². The lowest BCUT2D eigenvalue weighted by Crippen LogP contribution is -1.98. The molecule has 0 aliphatic heterocycles. The van der Waals surface area contributed by atoms with Gasteiger partial charge in [-0.2, -0.15) is 5.10 Å². The van der Waals surface area contributed by atoms with Gasteiger partial charge in [0.25, 0.3) is 0 Å². The zero-order valence-electron chi connectivity index (χ0n) is 18.9. The molecule has 4 rings (SSSR count). The van der Waals surface area contributed by atoms with Crippen LogP contribution in [0.25, 0.3) is 11.5 Å². The van der Waals surface area contributed by atoms with Crippen LogP contribution < -0.4 is 19.9 Å². The Bertz CT molecular complexity index is 1270. The van der Waals surface area contributed by atoms with E-state index < -0.39 is 0 Å². The van der Waals surface area contributed by atoms with Gasteiger partial charge in [0.15, 0.2) is 0 Å². The Morgan fingerprint density at radius 3 is 2.45 bits per heavy atom. The third-order valence-electron chi connectivity index (χ3n) is 4.95. The van der Waals surface area contributed by atoms with Crippen LogP contribution in [0.15, 0.2) is 58.2 Å². The second-order valence-electron chi connectivity index (χ2n) is 7.28. The first kappa shape index (κ1) is 21.9. The average Bonchev–Trinajstić information content (AvgIpc) is 3.36. The van der Waals surface area contributed by atoms with Crippen molar-refractivity contribution in [1.29, 1.82) is 0 Å². The summed E-state index contributed by atoms with van der Waals surface area (Å²) in [5.41, 5.74) is 8.92. The van der Waals surface area contributed by atoms with Crippen LogP contribution in [-0.2, 0) is 6.61 Å². The fraction of sp³-hybridized carbons (Fsp3) is 0.208. The number of benzene rings is 2. The molecule has 0 unspecified atom stereocenters. The number of methoxy groups -OCH3 is 2. The summed E-state index contributed by atoms with van der Waals surface area (Å²) in [4.78, 5) is 8.72. The predicted octanol–water partition coefficient (Wildman–Crippen LogP) is 4.22. The number of nitrogen functional groups attached to an aromatic ring is 1. The lowest BCUT2D eigenvalue weighted by molar-refractivity contribution is 0.299. The first-order valence-electron chi connectivity index (χ1n) is 10.2. The van der Waals surface area contributed by atoms with Gasteiger partial charge in [-0.3, -0.25) is 0 Å². The molecule has 0 atom stereocenters. The number of imidazole rings is 1. The van der Waals surface area contributed by atoms with Gasteiger partial charge in [0.05, 0.1) is 37.9 Å². The number of oxazole rings is 1. The standard InChI is InChI=1S/C24H25N5O4/c1-15-13-29(24(25)27-15)26-12-17-5-7-18(8-6-17)32-14-21-16(2)33-23(28-21)20-11-19(30-3)9-10-22(20)31-4/h5-13H,14H2,1-4H3,(H2,25,27). The van der Waals surface area contributed by atoms with E-state index in [1.54, 1.807) is 26.6 Å². The molecule has 2 N–H and O–H groups in total. The van der Waals surface area contributed by atoms with E-state index >= 15 is 0 Å². The number of rotatable bonds is 8. The van der Waals surface area contributed by atoms with Crippen LogP contribution in [0.4, 0.5) is 5.95 Å². The van der Waals surface area contributed by atoms with Crippen molar-refractivity contribution < 1.29 is 18.6 Å². The van der Waals surface area contributed by atoms with Gasteiger partial charge in [0.1, 0.15) is 35.3 Å². The van der Waals surface area contributed by atoms with E-state index in [0.29, 0.717) is 46.1 Å². The minimum Gasteiger partial charge on any atom is -0.497 e. The van der Waals surface area contributed by atoms with E-state index in [4.69, 9.17) is 24.4 Å². The fourth-order valence-electron chi connectivity index (χ4n) is 3.19. The SMILES string of the molecule is COc1ccc(OC)c(-c2nc(COc3ccc(C=Nn4cc(C)nc4N)cc3)c(C)o2)c1. The predicted molar refractivity (Wildman–Crippen MR) is 125 cm³/mol. The highest BCUT2D eigenvalue weighted by Crippen LogP contribution is 2.34. The van der Waals surface area contributed by atoms with Crippen LogP contribution in [-0.4, -0.2) is 35.1 Å². The van der Waals surface area contributed by atoms with E-state index in [-0.39, 0.29) is 6.61 Å². The molecule has 0 aliphatic carbocycles. The number of hydrogen-bond acceptors (Lipinski definition) is 8. The molecule has 2 aromatic heterocycles. The van der Waals surface area contributed by atoms with Gasteiger partial charge in [-0.15, -0.1) is 0 Å². The Morgan fingerprint density at radius 2 is 1.79 bits per heavy atom. The topological polar surface area (TPSA) is 110 Å². The molecule has 0 amide bonds. The second-order valence-corrected chi connectivity index (χ2v) is 7.28. The minimum atomic E-state index is 0.264. The third kappa shape index (κ3) is 4.98. The highest BCUT2D eigenvalue weighted by molar-refractivity contribution is 5.79. The molecule has 0 saturated carbocycles. The van der Waals surface area contributed by atoms with Crippen LogP contribution in [0.5, 0.6) is 17.2 Å². The van der Waals surface area contributed by atoms with Crippen LogP contribution in [0.2, 0.25) is 0 Å². The monoisotopic (exact) mass is 447 g/mol. The largest absolute Gasteiger partial charge is 0.497 e. The van der Waals surface area contributed by atoms with Gasteiger partial charge >= 0.3 is 0 Å². The summed E-state index contributed by atoms with van der Waals surface area (Å²) in [5, 5.41) is 4.31. The van der Waals surface area contributed by atoms with Crippen LogP contribution in [0, 0.1) is 13.8 Å². The van der Waals surface area contributed by atoms with E-state index in [9.17, 15) is 0 Å². The van der Waals surface area contributed by atoms with Gasteiger partial charge in [0, 0.05) is 0 Å². The van der Waals surface area contributed by atoms with Crippen LogP contribution >= 0.6 is 0 Å². The zero-order chi connectivity index (χ0) is 23.4. The van der Waals surface area contributed by atoms with E-state index in [0.717, 1.165) is 11.3 Å². The van der Waals surface area contributed by atoms with Crippen molar-refractivity contribution in [2.24, 2.45) is 5.10 Å². The molecule has 0 spiro atoms. The molecule has 170 valence electrons. The molecular weight excluding hydrogens is 422 g/mol. The molecule has 2 aromatic carbocycles. The smallest absolute Gasteiger partial charge is 0.230 e. The van der Waals surface area contributed by atoms with Crippen molar-refractivity contribution in [3.05, 3.63) is 71.4 Å². The average molecular weight is 447 g/mol.